The van der Waals surface area contributed by atoms with Crippen LogP contribution in [0, 0.1) is 0 Å². The SMILES string of the molecule is C=COc1ccc(=C)/c(=C\C=C(/C)C2(c3ccc4cc(OC=C)ccc4c3)c3ccccc3-c3c2ccc2ccccc32)c1. The summed E-state index contributed by atoms with van der Waals surface area (Å²) in [6.07, 6.45) is 7.30. The van der Waals surface area contributed by atoms with Crippen molar-refractivity contribution in [2.75, 3.05) is 0 Å². The van der Waals surface area contributed by atoms with Crippen LogP contribution in [0.5, 0.6) is 11.5 Å². The molecule has 2 nitrogen and oxygen atoms in total. The average Bonchev–Trinajstić information content (AvgIpc) is 3.36. The van der Waals surface area contributed by atoms with Crippen LogP contribution in [0.2, 0.25) is 0 Å². The van der Waals surface area contributed by atoms with Gasteiger partial charge >= 0.3 is 0 Å². The van der Waals surface area contributed by atoms with Crippen molar-refractivity contribution in [2.45, 2.75) is 12.3 Å². The Kier molecular flexibility index (Phi) is 6.75. The third kappa shape index (κ3) is 4.27. The van der Waals surface area contributed by atoms with Crippen LogP contribution < -0.4 is 19.9 Å². The molecule has 0 fully saturated rings. The van der Waals surface area contributed by atoms with Crippen molar-refractivity contribution in [3.63, 3.8) is 0 Å². The minimum atomic E-state index is -0.520. The van der Waals surface area contributed by atoms with Crippen molar-refractivity contribution in [3.8, 4) is 22.6 Å². The van der Waals surface area contributed by atoms with Crippen molar-refractivity contribution < 1.29 is 9.47 Å². The molecule has 0 spiro atoms. The summed E-state index contributed by atoms with van der Waals surface area (Å²) in [6, 6.07) is 41.0. The van der Waals surface area contributed by atoms with Crippen molar-refractivity contribution in [2.24, 2.45) is 0 Å². The Labute approximate surface area is 257 Å². The minimum absolute atomic E-state index is 0.520. The standard InChI is InChI=1S/C42H32O2/c1-5-43-35-22-15-28(3)31(26-35)17-16-29(4)42(34-21-18-33-27-36(44-6-2)23-19-32(33)25-34)39-14-10-9-13-38(39)41-37-12-8-7-11-30(37)20-24-40(41)42/h5-27H,1-3H2,4H3/b29-16+,31-17-. The molecule has 0 heterocycles. The Balaban J connectivity index is 1.55. The monoisotopic (exact) mass is 568 g/mol. The van der Waals surface area contributed by atoms with Crippen LogP contribution in [0.15, 0.2) is 153 Å². The Bertz CT molecular complexity index is 2250. The summed E-state index contributed by atoms with van der Waals surface area (Å²) in [4.78, 5) is 0. The maximum Gasteiger partial charge on any atom is 0.127 e. The van der Waals surface area contributed by atoms with Crippen molar-refractivity contribution in [3.05, 3.63) is 180 Å². The smallest absolute Gasteiger partial charge is 0.127 e. The second-order valence-corrected chi connectivity index (χ2v) is 11.2. The van der Waals surface area contributed by atoms with Gasteiger partial charge in [-0.25, -0.2) is 0 Å². The number of hydrogen-bond acceptors (Lipinski definition) is 2. The second kappa shape index (κ2) is 10.9. The minimum Gasteiger partial charge on any atom is -0.466 e. The molecule has 0 saturated heterocycles. The summed E-state index contributed by atoms with van der Waals surface area (Å²) in [5, 5.41) is 6.69. The number of benzene rings is 6. The molecular formula is C42H32O2. The zero-order chi connectivity index (χ0) is 30.3. The van der Waals surface area contributed by atoms with E-state index in [1.54, 1.807) is 0 Å². The topological polar surface area (TPSA) is 18.5 Å². The van der Waals surface area contributed by atoms with E-state index < -0.39 is 5.41 Å². The lowest BCUT2D eigenvalue weighted by molar-refractivity contribution is 0.483. The fraction of sp³-hybridized carbons (Fsp3) is 0.0476. The van der Waals surface area contributed by atoms with Gasteiger partial charge in [0.1, 0.15) is 11.5 Å². The fourth-order valence-electron chi connectivity index (χ4n) is 6.88. The second-order valence-electron chi connectivity index (χ2n) is 11.2. The van der Waals surface area contributed by atoms with Gasteiger partial charge in [-0.1, -0.05) is 122 Å². The van der Waals surface area contributed by atoms with E-state index in [1.165, 1.54) is 56.7 Å². The molecule has 7 rings (SSSR count). The summed E-state index contributed by atoms with van der Waals surface area (Å²) in [7, 11) is 0. The predicted octanol–water partition coefficient (Wildman–Crippen LogP) is 9.19. The highest BCUT2D eigenvalue weighted by molar-refractivity contribution is 6.04. The quantitative estimate of drug-likeness (QED) is 0.179. The number of hydrogen-bond donors (Lipinski definition) is 0. The molecule has 1 unspecified atom stereocenters. The highest BCUT2D eigenvalue weighted by Gasteiger charge is 2.46. The molecule has 212 valence electrons. The van der Waals surface area contributed by atoms with Crippen LogP contribution in [0.4, 0.5) is 0 Å². The molecule has 0 aromatic heterocycles. The molecule has 0 saturated carbocycles. The third-order valence-corrected chi connectivity index (χ3v) is 8.84. The first-order valence-corrected chi connectivity index (χ1v) is 14.7. The van der Waals surface area contributed by atoms with Gasteiger partial charge in [0.05, 0.1) is 17.9 Å². The molecule has 0 radical (unpaired) electrons. The maximum atomic E-state index is 5.58. The zero-order valence-electron chi connectivity index (χ0n) is 24.7. The van der Waals surface area contributed by atoms with Crippen LogP contribution in [-0.4, -0.2) is 0 Å². The summed E-state index contributed by atoms with van der Waals surface area (Å²) < 4.78 is 11.2. The normalized spacial score (nSPS) is 16.0. The molecule has 44 heavy (non-hydrogen) atoms. The van der Waals surface area contributed by atoms with E-state index in [2.05, 4.69) is 130 Å². The zero-order valence-corrected chi connectivity index (χ0v) is 24.7. The molecule has 0 amide bonds. The molecule has 6 aromatic carbocycles. The van der Waals surface area contributed by atoms with Crippen LogP contribution in [-0.2, 0) is 5.41 Å². The van der Waals surface area contributed by atoms with E-state index >= 15 is 0 Å². The largest absolute Gasteiger partial charge is 0.466 e. The van der Waals surface area contributed by atoms with Crippen LogP contribution in [0.3, 0.4) is 0 Å². The molecule has 1 atom stereocenters. The van der Waals surface area contributed by atoms with E-state index in [0.29, 0.717) is 0 Å². The number of fused-ring (bicyclic) bond motifs is 6. The first kappa shape index (κ1) is 27.2. The Morgan fingerprint density at radius 1 is 0.659 bits per heavy atom. The molecular weight excluding hydrogens is 536 g/mol. The van der Waals surface area contributed by atoms with Gasteiger partial charge in [0.2, 0.25) is 0 Å². The van der Waals surface area contributed by atoms with Crippen LogP contribution in [0.25, 0.3) is 45.3 Å². The van der Waals surface area contributed by atoms with E-state index in [-0.39, 0.29) is 0 Å². The molecule has 2 heteroatoms. The highest BCUT2D eigenvalue weighted by Crippen LogP contribution is 2.58. The van der Waals surface area contributed by atoms with Gasteiger partial charge in [-0.05, 0) is 97.1 Å². The molecule has 1 aliphatic carbocycles. The average molecular weight is 569 g/mol. The summed E-state index contributed by atoms with van der Waals surface area (Å²) >= 11 is 0. The van der Waals surface area contributed by atoms with Crippen LogP contribution >= 0.6 is 0 Å². The van der Waals surface area contributed by atoms with Gasteiger partial charge in [-0.15, -0.1) is 0 Å². The molecule has 0 N–H and O–H groups in total. The van der Waals surface area contributed by atoms with E-state index in [9.17, 15) is 0 Å². The van der Waals surface area contributed by atoms with E-state index in [0.717, 1.165) is 32.7 Å². The lowest BCUT2D eigenvalue weighted by atomic mass is 9.67. The summed E-state index contributed by atoms with van der Waals surface area (Å²) in [5.74, 6) is 1.51. The van der Waals surface area contributed by atoms with Crippen molar-refractivity contribution in [1.82, 2.24) is 0 Å². The number of rotatable bonds is 7. The van der Waals surface area contributed by atoms with Gasteiger partial charge in [0, 0.05) is 0 Å². The van der Waals surface area contributed by atoms with Gasteiger partial charge < -0.3 is 9.47 Å². The highest BCUT2D eigenvalue weighted by atomic mass is 16.5. The fourth-order valence-corrected chi connectivity index (χ4v) is 6.88. The Hall–Kier alpha value is -5.60. The van der Waals surface area contributed by atoms with Gasteiger partial charge in [-0.3, -0.25) is 0 Å². The van der Waals surface area contributed by atoms with Crippen molar-refractivity contribution >= 4 is 34.2 Å². The Morgan fingerprint density at radius 2 is 1.34 bits per heavy atom. The van der Waals surface area contributed by atoms with E-state index in [4.69, 9.17) is 9.47 Å². The number of allylic oxidation sites excluding steroid dienone is 2. The first-order chi connectivity index (χ1) is 21.5. The predicted molar refractivity (Wildman–Crippen MR) is 184 cm³/mol. The first-order valence-electron chi connectivity index (χ1n) is 14.7. The number of ether oxygens (including phenoxy) is 2. The lowest BCUT2D eigenvalue weighted by Crippen LogP contribution is -2.29. The maximum absolute atomic E-state index is 5.58. The van der Waals surface area contributed by atoms with Gasteiger partial charge in [-0.2, -0.15) is 0 Å². The summed E-state index contributed by atoms with van der Waals surface area (Å²) in [6.45, 7) is 13.9. The van der Waals surface area contributed by atoms with Gasteiger partial charge in [0.15, 0.2) is 0 Å². The molecule has 6 aromatic rings. The third-order valence-electron chi connectivity index (χ3n) is 8.84. The van der Waals surface area contributed by atoms with Crippen LogP contribution in [0.1, 0.15) is 23.6 Å². The lowest BCUT2D eigenvalue weighted by Gasteiger charge is -2.34. The summed E-state index contributed by atoms with van der Waals surface area (Å²) in [5.41, 5.74) is 7.01. The van der Waals surface area contributed by atoms with Crippen molar-refractivity contribution in [1.29, 1.82) is 0 Å². The van der Waals surface area contributed by atoms with E-state index in [1.807, 2.05) is 24.3 Å². The molecule has 0 bridgehead atoms. The molecule has 0 aliphatic heterocycles. The Morgan fingerprint density at radius 3 is 2.18 bits per heavy atom. The van der Waals surface area contributed by atoms with Gasteiger partial charge in [0.25, 0.3) is 0 Å². The molecule has 1 aliphatic rings.